The first-order valence-corrected chi connectivity index (χ1v) is 4.73. The van der Waals surface area contributed by atoms with Crippen molar-refractivity contribution in [3.05, 3.63) is 0 Å². The number of fused-ring (bicyclic) bond motifs is 1. The molecule has 11 heavy (non-hydrogen) atoms. The van der Waals surface area contributed by atoms with Crippen LogP contribution in [0.2, 0.25) is 0 Å². The Hall–Kier alpha value is -0.0800. The maximum atomic E-state index is 5.71. The van der Waals surface area contributed by atoms with Crippen molar-refractivity contribution in [2.45, 2.75) is 43.7 Å². The van der Waals surface area contributed by atoms with Crippen molar-refractivity contribution in [1.29, 1.82) is 0 Å². The molecule has 6 unspecified atom stereocenters. The minimum Gasteiger partial charge on any atom is -0.374 e. The first kappa shape index (κ1) is 5.55. The van der Waals surface area contributed by atoms with Crippen molar-refractivity contribution in [1.82, 2.24) is 0 Å². The van der Waals surface area contributed by atoms with Crippen LogP contribution >= 0.6 is 0 Å². The van der Waals surface area contributed by atoms with E-state index in [1.54, 1.807) is 0 Å². The monoisotopic (exact) mass is 152 g/mol. The summed E-state index contributed by atoms with van der Waals surface area (Å²) >= 11 is 0. The van der Waals surface area contributed by atoms with Gasteiger partial charge in [-0.3, -0.25) is 0 Å². The molecule has 3 saturated heterocycles. The first-order valence-electron chi connectivity index (χ1n) is 4.73. The van der Waals surface area contributed by atoms with Gasteiger partial charge in [-0.2, -0.15) is 0 Å². The third-order valence-electron chi connectivity index (χ3n) is 4.02. The minimum atomic E-state index is 0.634. The smallest absolute Gasteiger partial charge is 0.0845 e. The summed E-state index contributed by atoms with van der Waals surface area (Å²) < 4.78 is 11.2. The van der Waals surface area contributed by atoms with Crippen LogP contribution in [-0.2, 0) is 9.47 Å². The second-order valence-corrected chi connectivity index (χ2v) is 4.46. The van der Waals surface area contributed by atoms with Gasteiger partial charge < -0.3 is 9.47 Å². The Labute approximate surface area is 65.9 Å². The van der Waals surface area contributed by atoms with Gasteiger partial charge in [0.15, 0.2) is 0 Å². The van der Waals surface area contributed by atoms with Crippen molar-refractivity contribution in [2.75, 3.05) is 0 Å². The number of epoxide rings is 1. The standard InChI is InChI=1S/C9H12O2/c1-4-5(2-9-8(1)11-9)7-3-6(4)10-7/h4-9H,1-3H2. The molecule has 6 atom stereocenters. The Morgan fingerprint density at radius 2 is 1.18 bits per heavy atom. The van der Waals surface area contributed by atoms with Gasteiger partial charge in [0.25, 0.3) is 0 Å². The molecular formula is C9H12O2. The molecule has 60 valence electrons. The lowest BCUT2D eigenvalue weighted by Gasteiger charge is -2.26. The molecule has 0 aromatic heterocycles. The Morgan fingerprint density at radius 1 is 0.636 bits per heavy atom. The SMILES string of the molecule is C1C2OC1C1CC3OC3CC21. The molecule has 0 radical (unpaired) electrons. The third kappa shape index (κ3) is 0.541. The summed E-state index contributed by atoms with van der Waals surface area (Å²) in [6.07, 6.45) is 6.51. The zero-order valence-corrected chi connectivity index (χ0v) is 6.40. The molecule has 2 saturated carbocycles. The van der Waals surface area contributed by atoms with Crippen LogP contribution in [0.1, 0.15) is 19.3 Å². The van der Waals surface area contributed by atoms with E-state index in [2.05, 4.69) is 0 Å². The van der Waals surface area contributed by atoms with Crippen LogP contribution in [-0.4, -0.2) is 24.4 Å². The van der Waals surface area contributed by atoms with Gasteiger partial charge in [-0.25, -0.2) is 0 Å². The zero-order valence-electron chi connectivity index (χ0n) is 6.40. The van der Waals surface area contributed by atoms with Crippen molar-refractivity contribution in [3.8, 4) is 0 Å². The van der Waals surface area contributed by atoms with Gasteiger partial charge in [0.05, 0.1) is 24.4 Å². The molecule has 0 N–H and O–H groups in total. The summed E-state index contributed by atoms with van der Waals surface area (Å²) in [5.41, 5.74) is 0. The molecule has 5 aliphatic rings. The summed E-state index contributed by atoms with van der Waals surface area (Å²) in [6, 6.07) is 0. The summed E-state index contributed by atoms with van der Waals surface area (Å²) in [4.78, 5) is 0. The van der Waals surface area contributed by atoms with E-state index >= 15 is 0 Å². The van der Waals surface area contributed by atoms with Crippen molar-refractivity contribution in [3.63, 3.8) is 0 Å². The number of rotatable bonds is 0. The van der Waals surface area contributed by atoms with Crippen LogP contribution < -0.4 is 0 Å². The average molecular weight is 152 g/mol. The lowest BCUT2D eigenvalue weighted by molar-refractivity contribution is -0.0821. The van der Waals surface area contributed by atoms with E-state index < -0.39 is 0 Å². The van der Waals surface area contributed by atoms with Gasteiger partial charge >= 0.3 is 0 Å². The highest BCUT2D eigenvalue weighted by Gasteiger charge is 2.61. The molecule has 0 aromatic rings. The predicted octanol–water partition coefficient (Wildman–Crippen LogP) is 0.951. The fraction of sp³-hybridized carbons (Fsp3) is 1.00. The molecule has 5 fully saturated rings. The van der Waals surface area contributed by atoms with E-state index in [9.17, 15) is 0 Å². The Bertz CT molecular complexity index is 190. The quantitative estimate of drug-likeness (QED) is 0.482. The van der Waals surface area contributed by atoms with Crippen LogP contribution in [0.5, 0.6) is 0 Å². The van der Waals surface area contributed by atoms with Crippen molar-refractivity contribution >= 4 is 0 Å². The molecule has 2 aliphatic carbocycles. The van der Waals surface area contributed by atoms with Gasteiger partial charge in [0, 0.05) is 6.42 Å². The number of hydrogen-bond donors (Lipinski definition) is 0. The lowest BCUT2D eigenvalue weighted by atomic mass is 9.82. The highest BCUT2D eigenvalue weighted by Crippen LogP contribution is 2.57. The number of hydrogen-bond acceptors (Lipinski definition) is 2. The molecule has 0 amide bonds. The molecule has 2 bridgehead atoms. The molecular weight excluding hydrogens is 140 g/mol. The van der Waals surface area contributed by atoms with Crippen LogP contribution in [0.4, 0.5) is 0 Å². The highest BCUT2D eigenvalue weighted by atomic mass is 16.6. The van der Waals surface area contributed by atoms with Gasteiger partial charge in [0.2, 0.25) is 0 Å². The van der Waals surface area contributed by atoms with E-state index in [-0.39, 0.29) is 0 Å². The van der Waals surface area contributed by atoms with Crippen LogP contribution in [0.3, 0.4) is 0 Å². The van der Waals surface area contributed by atoms with Crippen LogP contribution in [0.25, 0.3) is 0 Å². The summed E-state index contributed by atoms with van der Waals surface area (Å²) in [6.45, 7) is 0. The predicted molar refractivity (Wildman–Crippen MR) is 38.2 cm³/mol. The molecule has 3 aliphatic heterocycles. The van der Waals surface area contributed by atoms with E-state index in [4.69, 9.17) is 9.47 Å². The minimum absolute atomic E-state index is 0.634. The fourth-order valence-electron chi connectivity index (χ4n) is 3.33. The third-order valence-corrected chi connectivity index (χ3v) is 4.02. The Morgan fingerprint density at radius 3 is 1.73 bits per heavy atom. The zero-order chi connectivity index (χ0) is 7.00. The number of ether oxygens (including phenoxy) is 2. The van der Waals surface area contributed by atoms with Crippen LogP contribution in [0, 0.1) is 11.8 Å². The molecule has 0 aromatic carbocycles. The maximum absolute atomic E-state index is 5.71. The second-order valence-electron chi connectivity index (χ2n) is 4.46. The highest BCUT2D eigenvalue weighted by molar-refractivity contribution is 5.09. The topological polar surface area (TPSA) is 21.8 Å². The van der Waals surface area contributed by atoms with Crippen LogP contribution in [0.15, 0.2) is 0 Å². The average Bonchev–Trinajstić information content (AvgIpc) is 2.45. The lowest BCUT2D eigenvalue weighted by Crippen LogP contribution is -2.29. The normalized spacial score (nSPS) is 69.8. The van der Waals surface area contributed by atoms with Gasteiger partial charge in [-0.15, -0.1) is 0 Å². The molecule has 5 rings (SSSR count). The molecule has 0 spiro atoms. The molecule has 2 nitrogen and oxygen atoms in total. The second kappa shape index (κ2) is 1.50. The molecule has 3 heterocycles. The van der Waals surface area contributed by atoms with Crippen molar-refractivity contribution < 1.29 is 9.47 Å². The largest absolute Gasteiger partial charge is 0.374 e. The molecule has 2 heteroatoms. The summed E-state index contributed by atoms with van der Waals surface area (Å²) in [7, 11) is 0. The van der Waals surface area contributed by atoms with E-state index in [1.807, 2.05) is 0 Å². The van der Waals surface area contributed by atoms with E-state index in [0.29, 0.717) is 24.4 Å². The fourth-order valence-corrected chi connectivity index (χ4v) is 3.33. The van der Waals surface area contributed by atoms with E-state index in [0.717, 1.165) is 11.8 Å². The van der Waals surface area contributed by atoms with Gasteiger partial charge in [-0.05, 0) is 24.7 Å². The summed E-state index contributed by atoms with van der Waals surface area (Å²) in [5.74, 6) is 1.76. The first-order chi connectivity index (χ1) is 5.42. The Balaban J connectivity index is 1.69. The van der Waals surface area contributed by atoms with Gasteiger partial charge in [-0.1, -0.05) is 0 Å². The maximum Gasteiger partial charge on any atom is 0.0845 e. The van der Waals surface area contributed by atoms with Crippen molar-refractivity contribution in [2.24, 2.45) is 11.8 Å². The van der Waals surface area contributed by atoms with Gasteiger partial charge in [0.1, 0.15) is 0 Å². The Kier molecular flexibility index (Phi) is 0.758. The summed E-state index contributed by atoms with van der Waals surface area (Å²) in [5, 5.41) is 0. The van der Waals surface area contributed by atoms with E-state index in [1.165, 1.54) is 19.3 Å².